The van der Waals surface area contributed by atoms with Crippen LogP contribution in [0.25, 0.3) is 0 Å². The van der Waals surface area contributed by atoms with Crippen LogP contribution in [0, 0.1) is 0 Å². The van der Waals surface area contributed by atoms with Crippen LogP contribution in [0.4, 0.5) is 5.69 Å². The summed E-state index contributed by atoms with van der Waals surface area (Å²) in [6.45, 7) is 12.8. The Morgan fingerprint density at radius 2 is 1.96 bits per heavy atom. The number of carbonyl (C=O) groups excluding carboxylic acids is 1. The molecule has 126 valence electrons. The Labute approximate surface area is 138 Å². The number of anilines is 1. The molecular formula is C18H27N3O2. The molecule has 1 saturated heterocycles. The van der Waals surface area contributed by atoms with Crippen molar-refractivity contribution in [1.29, 1.82) is 0 Å². The van der Waals surface area contributed by atoms with Gasteiger partial charge in [-0.1, -0.05) is 6.08 Å². The highest BCUT2D eigenvalue weighted by atomic mass is 16.5. The number of hydrogen-bond donors (Lipinski definition) is 1. The molecule has 0 bridgehead atoms. The van der Waals surface area contributed by atoms with Gasteiger partial charge in [-0.2, -0.15) is 0 Å². The Morgan fingerprint density at radius 3 is 2.52 bits per heavy atom. The van der Waals surface area contributed by atoms with Gasteiger partial charge in [0.15, 0.2) is 5.78 Å². The van der Waals surface area contributed by atoms with Gasteiger partial charge in [-0.05, 0) is 32.0 Å². The smallest absolute Gasteiger partial charge is 0.176 e. The number of nitrogens with zero attached hydrogens (tertiary/aromatic N) is 2. The zero-order valence-corrected chi connectivity index (χ0v) is 14.1. The summed E-state index contributed by atoms with van der Waals surface area (Å²) in [6.07, 6.45) is 1.98. The second-order valence-electron chi connectivity index (χ2n) is 6.21. The number of rotatable bonds is 7. The predicted octanol–water partition coefficient (Wildman–Crippen LogP) is 2.04. The number of piperazine rings is 1. The first-order chi connectivity index (χ1) is 11.0. The van der Waals surface area contributed by atoms with Crippen LogP contribution >= 0.6 is 0 Å². The number of Topliss-reactive ketones (excluding diaryl/α,β-unsaturated/α-hetero) is 1. The fourth-order valence-corrected chi connectivity index (χ4v) is 2.69. The Kier molecular flexibility index (Phi) is 6.19. The fourth-order valence-electron chi connectivity index (χ4n) is 2.69. The SMILES string of the molecule is C=CCN1CCN(CC(=O)c2ccc(OC(C)C)c(N)c2)CC1. The number of benzene rings is 1. The summed E-state index contributed by atoms with van der Waals surface area (Å²) < 4.78 is 5.60. The normalized spacial score (nSPS) is 16.5. The van der Waals surface area contributed by atoms with Gasteiger partial charge < -0.3 is 10.5 Å². The molecule has 5 heteroatoms. The second kappa shape index (κ2) is 8.13. The van der Waals surface area contributed by atoms with Crippen LogP contribution in [-0.2, 0) is 0 Å². The number of nitrogen functional groups attached to an aromatic ring is 1. The van der Waals surface area contributed by atoms with E-state index in [1.807, 2.05) is 19.9 Å². The predicted molar refractivity (Wildman–Crippen MR) is 94.0 cm³/mol. The number of nitrogens with two attached hydrogens (primary N) is 1. The lowest BCUT2D eigenvalue weighted by Crippen LogP contribution is -2.47. The van der Waals surface area contributed by atoms with E-state index in [1.54, 1.807) is 18.2 Å². The van der Waals surface area contributed by atoms with Crippen LogP contribution in [0.2, 0.25) is 0 Å². The largest absolute Gasteiger partial charge is 0.489 e. The summed E-state index contributed by atoms with van der Waals surface area (Å²) in [4.78, 5) is 17.0. The van der Waals surface area contributed by atoms with Crippen LogP contribution in [0.1, 0.15) is 24.2 Å². The van der Waals surface area contributed by atoms with Gasteiger partial charge in [0.05, 0.1) is 18.3 Å². The molecule has 2 rings (SSSR count). The maximum Gasteiger partial charge on any atom is 0.176 e. The van der Waals surface area contributed by atoms with Gasteiger partial charge in [0.25, 0.3) is 0 Å². The van der Waals surface area contributed by atoms with Crippen molar-refractivity contribution in [3.8, 4) is 5.75 Å². The number of carbonyl (C=O) groups is 1. The number of hydrogen-bond acceptors (Lipinski definition) is 5. The number of ether oxygens (including phenoxy) is 1. The maximum atomic E-state index is 12.4. The van der Waals surface area contributed by atoms with Gasteiger partial charge in [-0.15, -0.1) is 6.58 Å². The molecule has 1 aromatic carbocycles. The van der Waals surface area contributed by atoms with Crippen molar-refractivity contribution in [2.45, 2.75) is 20.0 Å². The average molecular weight is 317 g/mol. The van der Waals surface area contributed by atoms with Crippen LogP contribution in [-0.4, -0.2) is 61.0 Å². The Morgan fingerprint density at radius 1 is 1.30 bits per heavy atom. The molecule has 2 N–H and O–H groups in total. The Balaban J connectivity index is 1.91. The third kappa shape index (κ3) is 5.08. The summed E-state index contributed by atoms with van der Waals surface area (Å²) in [5.41, 5.74) is 7.14. The van der Waals surface area contributed by atoms with Gasteiger partial charge in [0.1, 0.15) is 5.75 Å². The highest BCUT2D eigenvalue weighted by Crippen LogP contribution is 2.24. The lowest BCUT2D eigenvalue weighted by Gasteiger charge is -2.33. The third-order valence-corrected chi connectivity index (χ3v) is 3.91. The van der Waals surface area contributed by atoms with E-state index in [2.05, 4.69) is 16.4 Å². The van der Waals surface area contributed by atoms with Gasteiger partial charge in [0.2, 0.25) is 0 Å². The Bertz CT molecular complexity index is 549. The van der Waals surface area contributed by atoms with Gasteiger partial charge >= 0.3 is 0 Å². The van der Waals surface area contributed by atoms with Crippen molar-refractivity contribution in [2.24, 2.45) is 0 Å². The van der Waals surface area contributed by atoms with Gasteiger partial charge in [-0.25, -0.2) is 0 Å². The van der Waals surface area contributed by atoms with E-state index in [-0.39, 0.29) is 11.9 Å². The second-order valence-corrected chi connectivity index (χ2v) is 6.21. The molecule has 0 radical (unpaired) electrons. The van der Waals surface area contributed by atoms with Crippen molar-refractivity contribution in [3.05, 3.63) is 36.4 Å². The first-order valence-corrected chi connectivity index (χ1v) is 8.14. The lowest BCUT2D eigenvalue weighted by atomic mass is 10.1. The van der Waals surface area contributed by atoms with E-state index < -0.39 is 0 Å². The van der Waals surface area contributed by atoms with E-state index in [1.165, 1.54) is 0 Å². The van der Waals surface area contributed by atoms with Gasteiger partial charge in [0, 0.05) is 38.3 Å². The monoisotopic (exact) mass is 317 g/mol. The molecule has 0 aliphatic carbocycles. The van der Waals surface area contributed by atoms with E-state index in [0.717, 1.165) is 32.7 Å². The summed E-state index contributed by atoms with van der Waals surface area (Å²) in [6, 6.07) is 5.29. The molecule has 1 fully saturated rings. The number of ketones is 1. The minimum atomic E-state index is 0.0608. The zero-order chi connectivity index (χ0) is 16.8. The highest BCUT2D eigenvalue weighted by molar-refractivity contribution is 5.98. The standard InChI is InChI=1S/C18H27N3O2/c1-4-7-20-8-10-21(11-9-20)13-17(22)15-5-6-18(16(19)12-15)23-14(2)3/h4-6,12,14H,1,7-11,13,19H2,2-3H3. The van der Waals surface area contributed by atoms with E-state index in [4.69, 9.17) is 10.5 Å². The molecular weight excluding hydrogens is 290 g/mol. The molecule has 1 aliphatic heterocycles. The summed E-state index contributed by atoms with van der Waals surface area (Å²) in [5.74, 6) is 0.736. The topological polar surface area (TPSA) is 58.8 Å². The molecule has 1 aromatic rings. The van der Waals surface area contributed by atoms with Crippen LogP contribution in [0.5, 0.6) is 5.75 Å². The minimum absolute atomic E-state index is 0.0608. The van der Waals surface area contributed by atoms with Crippen LogP contribution < -0.4 is 10.5 Å². The minimum Gasteiger partial charge on any atom is -0.489 e. The van der Waals surface area contributed by atoms with Crippen molar-refractivity contribution >= 4 is 11.5 Å². The van der Waals surface area contributed by atoms with E-state index in [0.29, 0.717) is 23.5 Å². The molecule has 0 saturated carbocycles. The summed E-state index contributed by atoms with van der Waals surface area (Å²) >= 11 is 0. The maximum absolute atomic E-state index is 12.4. The van der Waals surface area contributed by atoms with Crippen molar-refractivity contribution in [1.82, 2.24) is 9.80 Å². The molecule has 0 atom stereocenters. The lowest BCUT2D eigenvalue weighted by molar-refractivity contribution is 0.0865. The average Bonchev–Trinajstić information content (AvgIpc) is 2.51. The third-order valence-electron chi connectivity index (χ3n) is 3.91. The first-order valence-electron chi connectivity index (χ1n) is 8.14. The molecule has 0 unspecified atom stereocenters. The van der Waals surface area contributed by atoms with Crippen molar-refractivity contribution < 1.29 is 9.53 Å². The van der Waals surface area contributed by atoms with Crippen molar-refractivity contribution in [2.75, 3.05) is 45.0 Å². The van der Waals surface area contributed by atoms with Crippen LogP contribution in [0.15, 0.2) is 30.9 Å². The summed E-state index contributed by atoms with van der Waals surface area (Å²) in [5, 5.41) is 0. The first kappa shape index (κ1) is 17.5. The van der Waals surface area contributed by atoms with Crippen molar-refractivity contribution in [3.63, 3.8) is 0 Å². The van der Waals surface area contributed by atoms with Crippen LogP contribution in [0.3, 0.4) is 0 Å². The molecule has 1 aliphatic rings. The zero-order valence-electron chi connectivity index (χ0n) is 14.1. The molecule has 0 aromatic heterocycles. The van der Waals surface area contributed by atoms with Gasteiger partial charge in [-0.3, -0.25) is 14.6 Å². The molecule has 0 amide bonds. The fraction of sp³-hybridized carbons (Fsp3) is 0.500. The Hall–Kier alpha value is -1.85. The molecule has 23 heavy (non-hydrogen) atoms. The quantitative estimate of drug-likeness (QED) is 0.474. The molecule has 0 spiro atoms. The molecule has 5 nitrogen and oxygen atoms in total. The molecule has 1 heterocycles. The summed E-state index contributed by atoms with van der Waals surface area (Å²) in [7, 11) is 0. The van der Waals surface area contributed by atoms with E-state index >= 15 is 0 Å². The highest BCUT2D eigenvalue weighted by Gasteiger charge is 2.19. The van der Waals surface area contributed by atoms with E-state index in [9.17, 15) is 4.79 Å².